The molecule has 0 radical (unpaired) electrons. The summed E-state index contributed by atoms with van der Waals surface area (Å²) >= 11 is 0. The van der Waals surface area contributed by atoms with Gasteiger partial charge >= 0.3 is 11.9 Å². The number of nitrogen functional groups attached to an aromatic ring is 1. The van der Waals surface area contributed by atoms with Gasteiger partial charge < -0.3 is 29.1 Å². The number of esters is 2. The third kappa shape index (κ3) is 3.84. The number of nitrogens with two attached hydrogens (primary N) is 1. The number of nitrogens with zero attached hydrogens (tertiary/aromatic N) is 2. The molecule has 2 N–H and O–H groups in total. The van der Waals surface area contributed by atoms with Gasteiger partial charge in [-0.15, -0.1) is 0 Å². The van der Waals surface area contributed by atoms with E-state index in [0.29, 0.717) is 17.3 Å². The van der Waals surface area contributed by atoms with Crippen molar-refractivity contribution in [1.29, 1.82) is 0 Å². The van der Waals surface area contributed by atoms with E-state index in [4.69, 9.17) is 29.1 Å². The van der Waals surface area contributed by atoms with Gasteiger partial charge in [-0.25, -0.2) is 14.6 Å². The van der Waals surface area contributed by atoms with Crippen LogP contribution in [0.15, 0.2) is 22.6 Å². The summed E-state index contributed by atoms with van der Waals surface area (Å²) < 4.78 is 26.3. The molecule has 0 aliphatic heterocycles. The molecule has 0 saturated heterocycles. The molecule has 10 nitrogen and oxygen atoms in total. The summed E-state index contributed by atoms with van der Waals surface area (Å²) in [6.45, 7) is 3.21. The number of fused-ring (bicyclic) bond motifs is 1. The van der Waals surface area contributed by atoms with E-state index in [-0.39, 0.29) is 47.1 Å². The SMILES string of the molecule is CCOC(=O)c1c(C)oc2nc(COC(=O)c3c(OC)cccc3OC)nc(N)c12. The lowest BCUT2D eigenvalue weighted by Crippen LogP contribution is -2.11. The Kier molecular flexibility index (Phi) is 6.05. The maximum Gasteiger partial charge on any atom is 0.346 e. The monoisotopic (exact) mass is 415 g/mol. The van der Waals surface area contributed by atoms with Crippen LogP contribution >= 0.6 is 0 Å². The van der Waals surface area contributed by atoms with Crippen LogP contribution in [0.25, 0.3) is 11.1 Å². The normalized spacial score (nSPS) is 10.7. The predicted octanol–water partition coefficient (Wildman–Crippen LogP) is 2.66. The van der Waals surface area contributed by atoms with Crippen molar-refractivity contribution >= 4 is 28.9 Å². The van der Waals surface area contributed by atoms with Gasteiger partial charge in [0.05, 0.1) is 26.2 Å². The van der Waals surface area contributed by atoms with Gasteiger partial charge in [-0.2, -0.15) is 4.98 Å². The summed E-state index contributed by atoms with van der Waals surface area (Å²) in [7, 11) is 2.87. The van der Waals surface area contributed by atoms with Crippen LogP contribution in [0.2, 0.25) is 0 Å². The number of carbonyl (C=O) groups excluding carboxylic acids is 2. The Bertz CT molecular complexity index is 1090. The summed E-state index contributed by atoms with van der Waals surface area (Å²) in [6, 6.07) is 4.91. The lowest BCUT2D eigenvalue weighted by molar-refractivity contribution is 0.0454. The molecule has 3 aromatic rings. The van der Waals surface area contributed by atoms with E-state index in [1.165, 1.54) is 14.2 Å². The Morgan fingerprint density at radius 2 is 1.67 bits per heavy atom. The number of rotatable bonds is 7. The highest BCUT2D eigenvalue weighted by Crippen LogP contribution is 2.30. The average molecular weight is 415 g/mol. The van der Waals surface area contributed by atoms with Gasteiger partial charge in [-0.3, -0.25) is 0 Å². The summed E-state index contributed by atoms with van der Waals surface area (Å²) in [5.41, 5.74) is 6.42. The zero-order chi connectivity index (χ0) is 21.8. The molecule has 2 heterocycles. The zero-order valence-corrected chi connectivity index (χ0v) is 17.0. The van der Waals surface area contributed by atoms with Gasteiger partial charge in [0.15, 0.2) is 12.4 Å². The largest absolute Gasteiger partial charge is 0.496 e. The van der Waals surface area contributed by atoms with Crippen LogP contribution in [0.3, 0.4) is 0 Å². The van der Waals surface area contributed by atoms with E-state index in [2.05, 4.69) is 9.97 Å². The fraction of sp³-hybridized carbons (Fsp3) is 0.300. The second-order valence-electron chi connectivity index (χ2n) is 6.07. The fourth-order valence-corrected chi connectivity index (χ4v) is 2.95. The Hall–Kier alpha value is -3.82. The van der Waals surface area contributed by atoms with E-state index in [1.54, 1.807) is 32.0 Å². The van der Waals surface area contributed by atoms with Crippen molar-refractivity contribution in [2.24, 2.45) is 0 Å². The Morgan fingerprint density at radius 1 is 1.03 bits per heavy atom. The molecule has 0 aliphatic carbocycles. The number of aromatic nitrogens is 2. The molecule has 1 aromatic carbocycles. The third-order valence-electron chi connectivity index (χ3n) is 4.25. The smallest absolute Gasteiger partial charge is 0.346 e. The first-order valence-corrected chi connectivity index (χ1v) is 9.01. The van der Waals surface area contributed by atoms with Crippen molar-refractivity contribution in [2.45, 2.75) is 20.5 Å². The van der Waals surface area contributed by atoms with Crippen molar-refractivity contribution in [3.63, 3.8) is 0 Å². The van der Waals surface area contributed by atoms with Crippen LogP contribution in [0, 0.1) is 6.92 Å². The second kappa shape index (κ2) is 8.68. The van der Waals surface area contributed by atoms with Crippen LogP contribution in [-0.2, 0) is 16.1 Å². The number of methoxy groups -OCH3 is 2. The molecule has 158 valence electrons. The van der Waals surface area contributed by atoms with E-state index >= 15 is 0 Å². The molecule has 0 fully saturated rings. The maximum atomic E-state index is 12.6. The average Bonchev–Trinajstić information content (AvgIpc) is 3.07. The number of hydrogen-bond acceptors (Lipinski definition) is 10. The Morgan fingerprint density at radius 3 is 2.27 bits per heavy atom. The minimum atomic E-state index is -0.686. The highest BCUT2D eigenvalue weighted by Gasteiger charge is 2.25. The second-order valence-corrected chi connectivity index (χ2v) is 6.07. The van der Waals surface area contributed by atoms with Crippen molar-refractivity contribution < 1.29 is 33.0 Å². The first-order valence-electron chi connectivity index (χ1n) is 9.01. The first kappa shape index (κ1) is 20.9. The number of furan rings is 1. The molecule has 0 saturated carbocycles. The van der Waals surface area contributed by atoms with Crippen LogP contribution < -0.4 is 15.2 Å². The number of anilines is 1. The maximum absolute atomic E-state index is 12.6. The van der Waals surface area contributed by atoms with Crippen molar-refractivity contribution in [1.82, 2.24) is 9.97 Å². The molecule has 0 spiro atoms. The fourth-order valence-electron chi connectivity index (χ4n) is 2.95. The number of carbonyl (C=O) groups is 2. The minimum Gasteiger partial charge on any atom is -0.496 e. The van der Waals surface area contributed by atoms with Crippen molar-refractivity contribution in [3.05, 3.63) is 40.9 Å². The van der Waals surface area contributed by atoms with Crippen LogP contribution in [-0.4, -0.2) is 42.7 Å². The van der Waals surface area contributed by atoms with Gasteiger partial charge in [0, 0.05) is 0 Å². The zero-order valence-electron chi connectivity index (χ0n) is 17.0. The summed E-state index contributed by atoms with van der Waals surface area (Å²) in [4.78, 5) is 33.1. The van der Waals surface area contributed by atoms with Gasteiger partial charge in [-0.1, -0.05) is 6.07 Å². The minimum absolute atomic E-state index is 0.0147. The highest BCUT2D eigenvalue weighted by atomic mass is 16.5. The Balaban J connectivity index is 1.88. The Labute approximate surface area is 171 Å². The van der Waals surface area contributed by atoms with Gasteiger partial charge in [-0.05, 0) is 26.0 Å². The van der Waals surface area contributed by atoms with Crippen molar-refractivity contribution in [2.75, 3.05) is 26.6 Å². The molecule has 10 heteroatoms. The molecular weight excluding hydrogens is 394 g/mol. The molecule has 0 amide bonds. The number of ether oxygens (including phenoxy) is 4. The molecular formula is C20H21N3O7. The van der Waals surface area contributed by atoms with Crippen LogP contribution in [0.4, 0.5) is 5.82 Å². The van der Waals surface area contributed by atoms with E-state index < -0.39 is 11.9 Å². The topological polar surface area (TPSA) is 136 Å². The quantitative estimate of drug-likeness (QED) is 0.573. The molecule has 0 unspecified atom stereocenters. The predicted molar refractivity (Wildman–Crippen MR) is 106 cm³/mol. The van der Waals surface area contributed by atoms with Crippen LogP contribution in [0.1, 0.15) is 39.2 Å². The summed E-state index contributed by atoms with van der Waals surface area (Å²) in [5, 5.41) is 0.257. The number of benzene rings is 1. The highest BCUT2D eigenvalue weighted by molar-refractivity contribution is 6.07. The van der Waals surface area contributed by atoms with Gasteiger partial charge in [0.1, 0.15) is 34.2 Å². The van der Waals surface area contributed by atoms with Gasteiger partial charge in [0.2, 0.25) is 5.71 Å². The van der Waals surface area contributed by atoms with Gasteiger partial charge in [0.25, 0.3) is 0 Å². The molecule has 30 heavy (non-hydrogen) atoms. The van der Waals surface area contributed by atoms with Crippen LogP contribution in [0.5, 0.6) is 11.5 Å². The summed E-state index contributed by atoms with van der Waals surface area (Å²) in [6.07, 6.45) is 0. The third-order valence-corrected chi connectivity index (χ3v) is 4.25. The van der Waals surface area contributed by atoms with E-state index in [1.807, 2.05) is 0 Å². The number of hydrogen-bond donors (Lipinski definition) is 1. The lowest BCUT2D eigenvalue weighted by atomic mass is 10.2. The molecule has 0 aliphatic rings. The molecule has 0 atom stereocenters. The number of aryl methyl sites for hydroxylation is 1. The standard InChI is InChI=1S/C20H21N3O7/c1-5-28-19(24)14-10(2)30-18-16(14)17(21)22-13(23-18)9-29-20(25)15-11(26-3)7-6-8-12(15)27-4/h6-8H,5,9H2,1-4H3,(H2,21,22,23). The van der Waals surface area contributed by atoms with E-state index in [0.717, 1.165) is 0 Å². The first-order chi connectivity index (χ1) is 14.4. The summed E-state index contributed by atoms with van der Waals surface area (Å²) in [5.74, 6) is -0.239. The molecule has 0 bridgehead atoms. The molecule has 2 aromatic heterocycles. The lowest BCUT2D eigenvalue weighted by Gasteiger charge is -2.12. The van der Waals surface area contributed by atoms with E-state index in [9.17, 15) is 9.59 Å². The molecule has 3 rings (SSSR count). The van der Waals surface area contributed by atoms with Crippen molar-refractivity contribution in [3.8, 4) is 11.5 Å².